The maximum absolute atomic E-state index is 4.02. The van der Waals surface area contributed by atoms with Gasteiger partial charge in [-0.1, -0.05) is 12.1 Å². The fourth-order valence-corrected chi connectivity index (χ4v) is 2.51. The predicted molar refractivity (Wildman–Crippen MR) is 79.5 cm³/mol. The van der Waals surface area contributed by atoms with Crippen molar-refractivity contribution in [1.29, 1.82) is 0 Å². The predicted octanol–water partition coefficient (Wildman–Crippen LogP) is 3.29. The van der Waals surface area contributed by atoms with Gasteiger partial charge in [-0.3, -0.25) is 4.98 Å². The summed E-state index contributed by atoms with van der Waals surface area (Å²) in [5, 5.41) is 3.42. The van der Waals surface area contributed by atoms with Crippen LogP contribution >= 0.6 is 0 Å². The van der Waals surface area contributed by atoms with Crippen molar-refractivity contribution in [1.82, 2.24) is 4.98 Å². The maximum atomic E-state index is 4.02. The molecule has 1 fully saturated rings. The van der Waals surface area contributed by atoms with Crippen molar-refractivity contribution in [3.8, 4) is 0 Å². The van der Waals surface area contributed by atoms with Gasteiger partial charge in [0.15, 0.2) is 0 Å². The number of nitrogens with one attached hydrogen (secondary N) is 1. The molecule has 1 N–H and O–H groups in total. The smallest absolute Gasteiger partial charge is 0.0401 e. The first-order valence-electron chi connectivity index (χ1n) is 6.89. The number of benzene rings is 1. The molecule has 0 aliphatic carbocycles. The van der Waals surface area contributed by atoms with Crippen LogP contribution in [0.15, 0.2) is 48.8 Å². The van der Waals surface area contributed by atoms with Crippen LogP contribution in [-0.4, -0.2) is 18.1 Å². The molecule has 1 aromatic heterocycles. The molecule has 19 heavy (non-hydrogen) atoms. The molecule has 1 saturated heterocycles. The summed E-state index contributed by atoms with van der Waals surface area (Å²) in [7, 11) is 0. The zero-order chi connectivity index (χ0) is 12.9. The van der Waals surface area contributed by atoms with E-state index in [0.29, 0.717) is 0 Å². The van der Waals surface area contributed by atoms with Gasteiger partial charge in [0.25, 0.3) is 0 Å². The Bertz CT molecular complexity index is 519. The standard InChI is InChI=1S/C16H19N3/c1-2-11-19(10-1)16-5-3-4-14(12-16)13-18-15-6-8-17-9-7-15/h3-9,12H,1-2,10-11,13H2,(H,17,18). The van der Waals surface area contributed by atoms with E-state index in [1.807, 2.05) is 24.5 Å². The molecule has 1 aliphatic heterocycles. The summed E-state index contributed by atoms with van der Waals surface area (Å²) in [5.41, 5.74) is 3.79. The second-order valence-corrected chi connectivity index (χ2v) is 4.95. The molecule has 0 radical (unpaired) electrons. The Morgan fingerprint density at radius 3 is 2.63 bits per heavy atom. The van der Waals surface area contributed by atoms with E-state index in [1.54, 1.807) is 0 Å². The van der Waals surface area contributed by atoms with E-state index in [2.05, 4.69) is 39.5 Å². The molecule has 1 aliphatic rings. The van der Waals surface area contributed by atoms with Crippen LogP contribution in [0.4, 0.5) is 11.4 Å². The van der Waals surface area contributed by atoms with Gasteiger partial charge in [-0.2, -0.15) is 0 Å². The molecule has 0 spiro atoms. The van der Waals surface area contributed by atoms with Crippen LogP contribution in [0, 0.1) is 0 Å². The molecule has 0 bridgehead atoms. The largest absolute Gasteiger partial charge is 0.381 e. The van der Waals surface area contributed by atoms with E-state index in [4.69, 9.17) is 0 Å². The number of hydrogen-bond acceptors (Lipinski definition) is 3. The van der Waals surface area contributed by atoms with Crippen molar-refractivity contribution >= 4 is 11.4 Å². The Kier molecular flexibility index (Phi) is 3.63. The Labute approximate surface area is 114 Å². The van der Waals surface area contributed by atoms with E-state index in [-0.39, 0.29) is 0 Å². The van der Waals surface area contributed by atoms with Crippen LogP contribution in [0.25, 0.3) is 0 Å². The number of aromatic nitrogens is 1. The molecule has 98 valence electrons. The van der Waals surface area contributed by atoms with Gasteiger partial charge in [0.1, 0.15) is 0 Å². The molecular weight excluding hydrogens is 234 g/mol. The third-order valence-corrected chi connectivity index (χ3v) is 3.56. The molecule has 0 saturated carbocycles. The molecule has 2 heterocycles. The highest BCUT2D eigenvalue weighted by atomic mass is 15.1. The molecule has 3 rings (SSSR count). The summed E-state index contributed by atoms with van der Waals surface area (Å²) in [4.78, 5) is 6.49. The number of pyridine rings is 1. The Morgan fingerprint density at radius 1 is 1.05 bits per heavy atom. The monoisotopic (exact) mass is 253 g/mol. The summed E-state index contributed by atoms with van der Waals surface area (Å²) in [5.74, 6) is 0. The van der Waals surface area contributed by atoms with Gasteiger partial charge in [0.2, 0.25) is 0 Å². The topological polar surface area (TPSA) is 28.2 Å². The van der Waals surface area contributed by atoms with Gasteiger partial charge in [-0.15, -0.1) is 0 Å². The first-order valence-corrected chi connectivity index (χ1v) is 6.89. The minimum atomic E-state index is 0.853. The van der Waals surface area contributed by atoms with Gasteiger partial charge >= 0.3 is 0 Å². The van der Waals surface area contributed by atoms with Crippen molar-refractivity contribution < 1.29 is 0 Å². The van der Waals surface area contributed by atoms with Crippen LogP contribution in [0.1, 0.15) is 18.4 Å². The van der Waals surface area contributed by atoms with Crippen LogP contribution in [0.5, 0.6) is 0 Å². The first-order chi connectivity index (χ1) is 9.42. The number of anilines is 2. The first kappa shape index (κ1) is 12.0. The number of rotatable bonds is 4. The zero-order valence-electron chi connectivity index (χ0n) is 11.0. The molecular formula is C16H19N3. The fraction of sp³-hybridized carbons (Fsp3) is 0.312. The highest BCUT2D eigenvalue weighted by molar-refractivity contribution is 5.50. The van der Waals surface area contributed by atoms with E-state index in [9.17, 15) is 0 Å². The summed E-state index contributed by atoms with van der Waals surface area (Å²) < 4.78 is 0. The molecule has 2 aromatic rings. The molecule has 0 atom stereocenters. The lowest BCUT2D eigenvalue weighted by Gasteiger charge is -2.18. The van der Waals surface area contributed by atoms with Gasteiger partial charge in [0, 0.05) is 43.4 Å². The lowest BCUT2D eigenvalue weighted by atomic mass is 10.2. The van der Waals surface area contributed by atoms with Crippen LogP contribution in [-0.2, 0) is 6.54 Å². The SMILES string of the molecule is c1cc(CNc2ccncc2)cc(N2CCCC2)c1. The molecule has 1 aromatic carbocycles. The van der Waals surface area contributed by atoms with Crippen molar-refractivity contribution in [2.45, 2.75) is 19.4 Å². The van der Waals surface area contributed by atoms with Crippen molar-refractivity contribution in [2.75, 3.05) is 23.3 Å². The maximum Gasteiger partial charge on any atom is 0.0401 e. The van der Waals surface area contributed by atoms with Crippen molar-refractivity contribution in [3.05, 3.63) is 54.4 Å². The number of nitrogens with zero attached hydrogens (tertiary/aromatic N) is 2. The number of hydrogen-bond donors (Lipinski definition) is 1. The molecule has 3 nitrogen and oxygen atoms in total. The van der Waals surface area contributed by atoms with Crippen LogP contribution < -0.4 is 10.2 Å². The zero-order valence-corrected chi connectivity index (χ0v) is 11.0. The fourth-order valence-electron chi connectivity index (χ4n) is 2.51. The minimum absolute atomic E-state index is 0.853. The van der Waals surface area contributed by atoms with E-state index < -0.39 is 0 Å². The third kappa shape index (κ3) is 3.05. The second kappa shape index (κ2) is 5.74. The lowest BCUT2D eigenvalue weighted by Crippen LogP contribution is -2.17. The Balaban J connectivity index is 1.66. The summed E-state index contributed by atoms with van der Waals surface area (Å²) in [6.45, 7) is 3.24. The van der Waals surface area contributed by atoms with Gasteiger partial charge in [-0.25, -0.2) is 0 Å². The van der Waals surface area contributed by atoms with Crippen molar-refractivity contribution in [2.24, 2.45) is 0 Å². The average molecular weight is 253 g/mol. The summed E-state index contributed by atoms with van der Waals surface area (Å²) >= 11 is 0. The van der Waals surface area contributed by atoms with Crippen molar-refractivity contribution in [3.63, 3.8) is 0 Å². The second-order valence-electron chi connectivity index (χ2n) is 4.95. The van der Waals surface area contributed by atoms with Crippen LogP contribution in [0.3, 0.4) is 0 Å². The van der Waals surface area contributed by atoms with E-state index in [0.717, 1.165) is 12.2 Å². The summed E-state index contributed by atoms with van der Waals surface area (Å²) in [6.07, 6.45) is 6.25. The normalized spacial score (nSPS) is 14.6. The molecule has 0 unspecified atom stereocenters. The summed E-state index contributed by atoms with van der Waals surface area (Å²) in [6, 6.07) is 12.8. The quantitative estimate of drug-likeness (QED) is 0.906. The molecule has 0 amide bonds. The van der Waals surface area contributed by atoms with Gasteiger partial charge in [-0.05, 0) is 42.7 Å². The average Bonchev–Trinajstić information content (AvgIpc) is 3.01. The van der Waals surface area contributed by atoms with E-state index in [1.165, 1.54) is 37.2 Å². The Morgan fingerprint density at radius 2 is 1.84 bits per heavy atom. The highest BCUT2D eigenvalue weighted by Crippen LogP contribution is 2.21. The lowest BCUT2D eigenvalue weighted by molar-refractivity contribution is 0.949. The third-order valence-electron chi connectivity index (χ3n) is 3.56. The Hall–Kier alpha value is -2.03. The van der Waals surface area contributed by atoms with E-state index >= 15 is 0 Å². The highest BCUT2D eigenvalue weighted by Gasteiger charge is 2.12. The van der Waals surface area contributed by atoms with Crippen LogP contribution in [0.2, 0.25) is 0 Å². The molecule has 3 heteroatoms. The van der Waals surface area contributed by atoms with Gasteiger partial charge in [0.05, 0.1) is 0 Å². The minimum Gasteiger partial charge on any atom is -0.381 e. The van der Waals surface area contributed by atoms with Gasteiger partial charge < -0.3 is 10.2 Å².